The average molecular weight is 429 g/mol. The Balaban J connectivity index is 2.05. The number of thioether (sulfide) groups is 1. The van der Waals surface area contributed by atoms with Gasteiger partial charge in [-0.2, -0.15) is 0 Å². The highest BCUT2D eigenvalue weighted by Gasteiger charge is 2.41. The van der Waals surface area contributed by atoms with Crippen LogP contribution >= 0.6 is 11.8 Å². The molecule has 1 N–H and O–H groups in total. The summed E-state index contributed by atoms with van der Waals surface area (Å²) in [5, 5.41) is 9.25. The number of anilines is 1. The molecule has 3 rings (SSSR count). The number of methoxy groups -OCH3 is 2. The van der Waals surface area contributed by atoms with Crippen LogP contribution in [-0.2, 0) is 9.59 Å². The third-order valence-electron chi connectivity index (χ3n) is 4.46. The Morgan fingerprint density at radius 2 is 1.67 bits per heavy atom. The molecule has 0 fully saturated rings. The van der Waals surface area contributed by atoms with E-state index >= 15 is 0 Å². The highest BCUT2D eigenvalue weighted by atomic mass is 32.2. The normalized spacial score (nSPS) is 13.8. The van der Waals surface area contributed by atoms with E-state index in [1.165, 1.54) is 14.2 Å². The quantitative estimate of drug-likeness (QED) is 0.613. The number of carbonyl (C=O) groups is 2. The molecule has 1 aliphatic heterocycles. The number of hydrogen-bond donors (Lipinski definition) is 1. The van der Waals surface area contributed by atoms with E-state index in [2.05, 4.69) is 0 Å². The molecule has 0 spiro atoms. The number of aliphatic hydroxyl groups excluding tert-OH is 1. The van der Waals surface area contributed by atoms with Gasteiger partial charge in [0.05, 0.1) is 43.6 Å². The highest BCUT2D eigenvalue weighted by Crippen LogP contribution is 2.42. The summed E-state index contributed by atoms with van der Waals surface area (Å²) in [6, 6.07) is 11.9. The zero-order valence-corrected chi connectivity index (χ0v) is 17.8. The van der Waals surface area contributed by atoms with Crippen molar-refractivity contribution in [2.75, 3.05) is 38.1 Å². The molecule has 2 amide bonds. The number of hydrogen-bond acceptors (Lipinski definition) is 7. The molecule has 1 aliphatic rings. The third kappa shape index (κ3) is 4.15. The molecular formula is C22H23NO6S. The lowest BCUT2D eigenvalue weighted by atomic mass is 10.1. The fourth-order valence-corrected chi connectivity index (χ4v) is 3.98. The second-order valence-electron chi connectivity index (χ2n) is 6.22. The summed E-state index contributed by atoms with van der Waals surface area (Å²) < 4.78 is 16.1. The van der Waals surface area contributed by atoms with Crippen molar-refractivity contribution < 1.29 is 28.9 Å². The fourth-order valence-electron chi connectivity index (χ4n) is 3.12. The number of amides is 2. The first-order chi connectivity index (χ1) is 14.5. The van der Waals surface area contributed by atoms with Crippen molar-refractivity contribution in [3.8, 4) is 17.2 Å². The smallest absolute Gasteiger partial charge is 0.272 e. The summed E-state index contributed by atoms with van der Waals surface area (Å²) in [5.41, 5.74) is 1.22. The molecule has 7 nitrogen and oxygen atoms in total. The molecule has 0 atom stereocenters. The molecule has 0 bridgehead atoms. The van der Waals surface area contributed by atoms with Crippen molar-refractivity contribution >= 4 is 34.8 Å². The van der Waals surface area contributed by atoms with Crippen molar-refractivity contribution in [1.29, 1.82) is 0 Å². The second-order valence-corrected chi connectivity index (χ2v) is 7.32. The first-order valence-electron chi connectivity index (χ1n) is 9.37. The van der Waals surface area contributed by atoms with Crippen LogP contribution in [0.4, 0.5) is 5.69 Å². The van der Waals surface area contributed by atoms with Gasteiger partial charge in [0.1, 0.15) is 17.2 Å². The molecule has 8 heteroatoms. The maximum absolute atomic E-state index is 13.4. The van der Waals surface area contributed by atoms with E-state index in [0.717, 1.165) is 16.7 Å². The van der Waals surface area contributed by atoms with Crippen molar-refractivity contribution in [2.24, 2.45) is 0 Å². The minimum Gasteiger partial charge on any atom is -0.497 e. The summed E-state index contributed by atoms with van der Waals surface area (Å²) >= 11 is 1.15. The molecule has 0 saturated carbocycles. The van der Waals surface area contributed by atoms with Crippen LogP contribution in [0.2, 0.25) is 0 Å². The Hall–Kier alpha value is -2.97. The molecule has 2 aromatic carbocycles. The molecule has 0 saturated heterocycles. The summed E-state index contributed by atoms with van der Waals surface area (Å²) in [6.07, 6.45) is 0. The van der Waals surface area contributed by atoms with Gasteiger partial charge in [-0.3, -0.25) is 9.59 Å². The Morgan fingerprint density at radius 3 is 2.27 bits per heavy atom. The monoisotopic (exact) mass is 429 g/mol. The molecule has 0 unspecified atom stereocenters. The molecule has 0 aromatic heterocycles. The first-order valence-corrected chi connectivity index (χ1v) is 10.4. The Labute approximate surface area is 179 Å². The lowest BCUT2D eigenvalue weighted by Crippen LogP contribution is -2.31. The van der Waals surface area contributed by atoms with Crippen molar-refractivity contribution in [3.05, 3.63) is 52.9 Å². The van der Waals surface area contributed by atoms with Crippen molar-refractivity contribution in [3.63, 3.8) is 0 Å². The first kappa shape index (κ1) is 21.7. The van der Waals surface area contributed by atoms with Gasteiger partial charge in [0.2, 0.25) is 0 Å². The van der Waals surface area contributed by atoms with E-state index in [1.807, 2.05) is 6.92 Å². The van der Waals surface area contributed by atoms with Gasteiger partial charge in [-0.05, 0) is 36.8 Å². The fraction of sp³-hybridized carbons (Fsp3) is 0.273. The molecule has 2 aromatic rings. The molecule has 1 heterocycles. The topological polar surface area (TPSA) is 85.3 Å². The zero-order chi connectivity index (χ0) is 21.7. The van der Waals surface area contributed by atoms with Crippen LogP contribution in [0, 0.1) is 0 Å². The van der Waals surface area contributed by atoms with Crippen LogP contribution in [0.3, 0.4) is 0 Å². The predicted molar refractivity (Wildman–Crippen MR) is 116 cm³/mol. The minimum atomic E-state index is -0.453. The van der Waals surface area contributed by atoms with Gasteiger partial charge in [0.25, 0.3) is 11.8 Å². The molecule has 0 aliphatic carbocycles. The zero-order valence-electron chi connectivity index (χ0n) is 17.0. The number of nitrogens with zero attached hydrogens (tertiary/aromatic N) is 1. The van der Waals surface area contributed by atoms with Crippen LogP contribution in [0.5, 0.6) is 17.2 Å². The lowest BCUT2D eigenvalue weighted by Gasteiger charge is -2.19. The molecule has 30 heavy (non-hydrogen) atoms. The van der Waals surface area contributed by atoms with E-state index in [1.54, 1.807) is 42.5 Å². The van der Waals surface area contributed by atoms with E-state index in [0.29, 0.717) is 46.4 Å². The van der Waals surface area contributed by atoms with Crippen LogP contribution in [0.25, 0.3) is 5.57 Å². The number of ether oxygens (including phenoxy) is 3. The molecular weight excluding hydrogens is 406 g/mol. The molecule has 0 radical (unpaired) electrons. The van der Waals surface area contributed by atoms with E-state index < -0.39 is 11.8 Å². The van der Waals surface area contributed by atoms with Crippen molar-refractivity contribution in [1.82, 2.24) is 0 Å². The Kier molecular flexibility index (Phi) is 7.02. The lowest BCUT2D eigenvalue weighted by molar-refractivity contribution is -0.119. The maximum atomic E-state index is 13.4. The third-order valence-corrected chi connectivity index (χ3v) is 5.51. The van der Waals surface area contributed by atoms with Crippen LogP contribution in [0.15, 0.2) is 47.4 Å². The highest BCUT2D eigenvalue weighted by molar-refractivity contribution is 8.04. The number of rotatable bonds is 9. The van der Waals surface area contributed by atoms with Gasteiger partial charge >= 0.3 is 0 Å². The number of benzene rings is 2. The number of aliphatic hydroxyl groups is 1. The van der Waals surface area contributed by atoms with E-state index in [4.69, 9.17) is 14.2 Å². The summed E-state index contributed by atoms with van der Waals surface area (Å²) in [5.74, 6) is 0.957. The molecule has 158 valence electrons. The van der Waals surface area contributed by atoms with Gasteiger partial charge in [-0.15, -0.1) is 11.8 Å². The predicted octanol–water partition coefficient (Wildman–Crippen LogP) is 3.11. The van der Waals surface area contributed by atoms with Crippen LogP contribution in [-0.4, -0.2) is 50.1 Å². The average Bonchev–Trinajstić information content (AvgIpc) is 3.01. The second kappa shape index (κ2) is 9.69. The summed E-state index contributed by atoms with van der Waals surface area (Å²) in [6.45, 7) is 2.31. The number of imide groups is 1. The Bertz CT molecular complexity index is 970. The van der Waals surface area contributed by atoms with Gasteiger partial charge in [-0.1, -0.05) is 12.1 Å². The van der Waals surface area contributed by atoms with Crippen molar-refractivity contribution in [2.45, 2.75) is 6.92 Å². The van der Waals surface area contributed by atoms with E-state index in [9.17, 15) is 14.7 Å². The maximum Gasteiger partial charge on any atom is 0.272 e. The van der Waals surface area contributed by atoms with Gasteiger partial charge in [0, 0.05) is 11.8 Å². The minimum absolute atomic E-state index is 0.113. The standard InChI is InChI=1S/C22H23NO6S/c1-4-29-15-7-5-14(6-8-15)19-20(30-12-11-24)22(26)23(21(19)25)17-10-9-16(27-2)13-18(17)28-3/h5-10,13,24H,4,11-12H2,1-3H3. The summed E-state index contributed by atoms with van der Waals surface area (Å²) in [4.78, 5) is 28.0. The largest absolute Gasteiger partial charge is 0.497 e. The van der Waals surface area contributed by atoms with Gasteiger partial charge in [-0.25, -0.2) is 4.90 Å². The SMILES string of the molecule is CCOc1ccc(C2=C(SCCO)C(=O)N(c3ccc(OC)cc3OC)C2=O)cc1. The van der Waals surface area contributed by atoms with Crippen LogP contribution in [0.1, 0.15) is 12.5 Å². The number of carbonyl (C=O) groups excluding carboxylic acids is 2. The van der Waals surface area contributed by atoms with Gasteiger partial charge < -0.3 is 19.3 Å². The van der Waals surface area contributed by atoms with E-state index in [-0.39, 0.29) is 11.5 Å². The van der Waals surface area contributed by atoms with Gasteiger partial charge in [0.15, 0.2) is 0 Å². The van der Waals surface area contributed by atoms with Crippen LogP contribution < -0.4 is 19.1 Å². The Morgan fingerprint density at radius 1 is 0.967 bits per heavy atom. The summed E-state index contributed by atoms with van der Waals surface area (Å²) in [7, 11) is 2.99.